The molecule has 0 saturated heterocycles. The molecule has 0 saturated carbocycles. The van der Waals surface area contributed by atoms with Crippen molar-refractivity contribution in [2.24, 2.45) is 0 Å². The number of carboxylic acid groups (broad SMARTS) is 3. The molecule has 0 aliphatic rings. The predicted octanol–water partition coefficient (Wildman–Crippen LogP) is -0.805. The summed E-state index contributed by atoms with van der Waals surface area (Å²) in [6, 6.07) is 0.0764. The van der Waals surface area contributed by atoms with Crippen LogP contribution in [0.1, 0.15) is 27.7 Å². The van der Waals surface area contributed by atoms with E-state index in [0.29, 0.717) is 0 Å². The molecule has 0 atom stereocenters. The summed E-state index contributed by atoms with van der Waals surface area (Å²) >= 11 is 0. The van der Waals surface area contributed by atoms with Crippen LogP contribution in [0.5, 0.6) is 0 Å². The summed E-state index contributed by atoms with van der Waals surface area (Å²) in [4.78, 5) is 51.2. The molecular formula is C8H20O9Si. The number of rotatable bonds is 1. The summed E-state index contributed by atoms with van der Waals surface area (Å²) in [5.74, 6) is -2.50. The van der Waals surface area contributed by atoms with Crippen LogP contribution in [0.3, 0.4) is 0 Å². The van der Waals surface area contributed by atoms with Crippen LogP contribution in [-0.2, 0) is 14.4 Å². The van der Waals surface area contributed by atoms with Crippen LogP contribution in [0.4, 0.5) is 0 Å². The number of carbonyl (C=O) groups is 3. The highest BCUT2D eigenvalue weighted by molar-refractivity contribution is 6.55. The minimum Gasteiger partial charge on any atom is -0.481 e. The van der Waals surface area contributed by atoms with E-state index in [1.165, 1.54) is 6.92 Å². The maximum absolute atomic E-state index is 9.00. The molecule has 0 bridgehead atoms. The second-order valence-electron chi connectivity index (χ2n) is 2.68. The predicted molar refractivity (Wildman–Crippen MR) is 62.8 cm³/mol. The molecule has 0 heterocycles. The summed E-state index contributed by atoms with van der Waals surface area (Å²) < 4.78 is 0. The van der Waals surface area contributed by atoms with Crippen molar-refractivity contribution in [1.82, 2.24) is 0 Å². The molecule has 0 aromatic heterocycles. The lowest BCUT2D eigenvalue weighted by atomic mass is 10.9. The molecule has 0 spiro atoms. The fourth-order valence-electron chi connectivity index (χ4n) is 0. The highest BCUT2D eigenvalue weighted by Crippen LogP contribution is 1.90. The first-order valence-corrected chi connectivity index (χ1v) is 6.56. The van der Waals surface area contributed by atoms with Gasteiger partial charge < -0.3 is 29.7 Å². The zero-order valence-corrected chi connectivity index (χ0v) is 11.6. The Morgan fingerprint density at radius 2 is 0.833 bits per heavy atom. The second-order valence-corrected chi connectivity index (χ2v) is 4.94. The first kappa shape index (κ1) is 25.4. The summed E-state index contributed by atoms with van der Waals surface area (Å²) in [5, 5.41) is 22.2. The lowest BCUT2D eigenvalue weighted by Crippen LogP contribution is -2.32. The van der Waals surface area contributed by atoms with E-state index in [2.05, 4.69) is 0 Å². The molecule has 0 aromatic carbocycles. The number of hydrogen-bond donors (Lipinski definition) is 6. The zero-order chi connectivity index (χ0) is 15.9. The number of carboxylic acids is 3. The van der Waals surface area contributed by atoms with Crippen molar-refractivity contribution in [3.8, 4) is 0 Å². The quantitative estimate of drug-likeness (QED) is 0.337. The van der Waals surface area contributed by atoms with Gasteiger partial charge in [0.25, 0.3) is 17.9 Å². The van der Waals surface area contributed by atoms with Crippen LogP contribution in [-0.4, -0.2) is 56.4 Å². The Bertz CT molecular complexity index is 193. The normalized spacial score (nSPS) is 8.17. The molecule has 0 unspecified atom stereocenters. The van der Waals surface area contributed by atoms with Crippen LogP contribution in [0.2, 0.25) is 6.04 Å². The van der Waals surface area contributed by atoms with E-state index in [9.17, 15) is 0 Å². The molecule has 9 nitrogen and oxygen atoms in total. The number of aliphatic carboxylic acids is 3. The van der Waals surface area contributed by atoms with Gasteiger partial charge in [-0.1, -0.05) is 6.92 Å². The first-order valence-electron chi connectivity index (χ1n) is 4.51. The van der Waals surface area contributed by atoms with E-state index < -0.39 is 26.7 Å². The average molecular weight is 288 g/mol. The Labute approximate surface area is 105 Å². The Kier molecular flexibility index (Phi) is 21.9. The van der Waals surface area contributed by atoms with Crippen molar-refractivity contribution >= 4 is 26.7 Å². The monoisotopic (exact) mass is 288 g/mol. The van der Waals surface area contributed by atoms with Gasteiger partial charge in [-0.25, -0.2) is 0 Å². The summed E-state index contributed by atoms with van der Waals surface area (Å²) in [7, 11) is -3.63. The average Bonchev–Trinajstić information content (AvgIpc) is 1.99. The minimum atomic E-state index is -3.63. The largest absolute Gasteiger partial charge is 0.492 e. The molecule has 10 heteroatoms. The van der Waals surface area contributed by atoms with Gasteiger partial charge in [-0.2, -0.15) is 0 Å². The van der Waals surface area contributed by atoms with E-state index in [4.69, 9.17) is 44.1 Å². The molecule has 0 amide bonds. The van der Waals surface area contributed by atoms with Gasteiger partial charge in [0.15, 0.2) is 0 Å². The molecule has 0 aliphatic carbocycles. The summed E-state index contributed by atoms with van der Waals surface area (Å²) in [6.07, 6.45) is 0. The van der Waals surface area contributed by atoms with Crippen molar-refractivity contribution in [2.45, 2.75) is 33.7 Å². The van der Waals surface area contributed by atoms with E-state index in [-0.39, 0.29) is 6.04 Å². The molecule has 0 aliphatic heterocycles. The van der Waals surface area contributed by atoms with Gasteiger partial charge in [-0.3, -0.25) is 14.4 Å². The minimum absolute atomic E-state index is 0.0764. The number of hydrogen-bond acceptors (Lipinski definition) is 6. The molecule has 18 heavy (non-hydrogen) atoms. The maximum atomic E-state index is 9.00. The van der Waals surface area contributed by atoms with Gasteiger partial charge in [0, 0.05) is 26.8 Å². The molecule has 0 aromatic rings. The topological polar surface area (TPSA) is 173 Å². The lowest BCUT2D eigenvalue weighted by molar-refractivity contribution is -0.135. The van der Waals surface area contributed by atoms with E-state index in [0.717, 1.165) is 20.8 Å². The van der Waals surface area contributed by atoms with Gasteiger partial charge in [-0.05, 0) is 0 Å². The van der Waals surface area contributed by atoms with Crippen LogP contribution < -0.4 is 0 Å². The fourth-order valence-corrected chi connectivity index (χ4v) is 0. The van der Waals surface area contributed by atoms with E-state index in [1.54, 1.807) is 0 Å². The Morgan fingerprint density at radius 1 is 0.778 bits per heavy atom. The molecule has 0 radical (unpaired) electrons. The van der Waals surface area contributed by atoms with Gasteiger partial charge in [0.2, 0.25) is 0 Å². The summed E-state index contributed by atoms with van der Waals surface area (Å²) in [6.45, 7) is 4.77. The first-order chi connectivity index (χ1) is 7.76. The van der Waals surface area contributed by atoms with Crippen molar-refractivity contribution in [3.05, 3.63) is 0 Å². The van der Waals surface area contributed by atoms with Gasteiger partial charge in [0.05, 0.1) is 0 Å². The Balaban J connectivity index is -0.0000000742. The zero-order valence-electron chi connectivity index (χ0n) is 10.6. The van der Waals surface area contributed by atoms with E-state index >= 15 is 0 Å². The molecule has 0 fully saturated rings. The molecule has 0 rings (SSSR count). The van der Waals surface area contributed by atoms with Crippen molar-refractivity contribution in [3.63, 3.8) is 0 Å². The van der Waals surface area contributed by atoms with Gasteiger partial charge >= 0.3 is 8.80 Å². The van der Waals surface area contributed by atoms with Crippen molar-refractivity contribution in [2.75, 3.05) is 0 Å². The van der Waals surface area contributed by atoms with Crippen LogP contribution in [0.25, 0.3) is 0 Å². The Morgan fingerprint density at radius 3 is 0.833 bits per heavy atom. The smallest absolute Gasteiger partial charge is 0.481 e. The molecular weight excluding hydrogens is 268 g/mol. The van der Waals surface area contributed by atoms with Crippen molar-refractivity contribution in [1.29, 1.82) is 0 Å². The van der Waals surface area contributed by atoms with E-state index in [1.807, 2.05) is 0 Å². The van der Waals surface area contributed by atoms with Crippen LogP contribution in [0.15, 0.2) is 0 Å². The van der Waals surface area contributed by atoms with Gasteiger partial charge in [0.1, 0.15) is 0 Å². The molecule has 110 valence electrons. The lowest BCUT2D eigenvalue weighted by Gasteiger charge is -2.01. The molecule has 6 N–H and O–H groups in total. The summed E-state index contributed by atoms with van der Waals surface area (Å²) in [5.41, 5.74) is 0. The highest BCUT2D eigenvalue weighted by atomic mass is 28.4. The van der Waals surface area contributed by atoms with Crippen LogP contribution in [0, 0.1) is 0 Å². The standard InChI is InChI=1S/C2H8O3Si.3C2H4O2/c1-2-6(3,4)5;3*1-2(3)4/h3-5H,2H2,1H3;3*1H3,(H,3,4). The van der Waals surface area contributed by atoms with Crippen molar-refractivity contribution < 1.29 is 44.1 Å². The van der Waals surface area contributed by atoms with Gasteiger partial charge in [-0.15, -0.1) is 0 Å². The maximum Gasteiger partial charge on any atom is 0.492 e. The SMILES string of the molecule is CC(=O)O.CC(=O)O.CC(=O)O.CC[Si](O)(O)O. The van der Waals surface area contributed by atoms with Crippen LogP contribution >= 0.6 is 0 Å². The highest BCUT2D eigenvalue weighted by Gasteiger charge is 2.21. The fraction of sp³-hybridized carbons (Fsp3) is 0.625. The third-order valence-corrected chi connectivity index (χ3v) is 1.42. The second kappa shape index (κ2) is 15.5. The Hall–Kier alpha value is -1.49. The third kappa shape index (κ3) is 1170. The third-order valence-electron chi connectivity index (χ3n) is 0.474.